The van der Waals surface area contributed by atoms with Crippen molar-refractivity contribution in [3.63, 3.8) is 0 Å². The van der Waals surface area contributed by atoms with E-state index >= 15 is 0 Å². The Bertz CT molecular complexity index is 1120. The van der Waals surface area contributed by atoms with E-state index in [1.807, 2.05) is 31.2 Å². The number of carbonyl (C=O) groups is 2. The van der Waals surface area contributed by atoms with Crippen LogP contribution in [0.1, 0.15) is 41.7 Å². The molecule has 1 aliphatic carbocycles. The van der Waals surface area contributed by atoms with E-state index in [0.29, 0.717) is 10.6 Å². The molecule has 1 aromatic heterocycles. The highest BCUT2D eigenvalue weighted by molar-refractivity contribution is 7.99. The summed E-state index contributed by atoms with van der Waals surface area (Å²) >= 11 is 1.31. The summed E-state index contributed by atoms with van der Waals surface area (Å²) in [6.45, 7) is 1.91. The molecule has 1 saturated carbocycles. The summed E-state index contributed by atoms with van der Waals surface area (Å²) in [7, 11) is 1.74. The Morgan fingerprint density at radius 3 is 2.61 bits per heavy atom. The number of pyridine rings is 1. The first-order valence-electron chi connectivity index (χ1n) is 10.3. The molecule has 1 N–H and O–H groups in total. The molecule has 31 heavy (non-hydrogen) atoms. The number of hydrogen-bond acceptors (Lipinski definition) is 4. The Kier molecular flexibility index (Phi) is 6.23. The van der Waals surface area contributed by atoms with Gasteiger partial charge in [-0.2, -0.15) is 0 Å². The van der Waals surface area contributed by atoms with Gasteiger partial charge in [0.1, 0.15) is 5.82 Å². The third kappa shape index (κ3) is 5.05. The predicted molar refractivity (Wildman–Crippen MR) is 121 cm³/mol. The molecule has 0 radical (unpaired) electrons. The number of para-hydroxylation sites is 1. The molecule has 2 aromatic carbocycles. The highest BCUT2D eigenvalue weighted by Gasteiger charge is 2.25. The van der Waals surface area contributed by atoms with Crippen molar-refractivity contribution >= 4 is 34.5 Å². The largest absolute Gasteiger partial charge is 0.349 e. The molecular formula is C24H24FN3O2S. The van der Waals surface area contributed by atoms with Crippen molar-refractivity contribution in [1.82, 2.24) is 15.2 Å². The fourth-order valence-corrected chi connectivity index (χ4v) is 4.16. The number of rotatable bonds is 7. The lowest BCUT2D eigenvalue weighted by atomic mass is 10.1. The van der Waals surface area contributed by atoms with E-state index in [1.54, 1.807) is 30.1 Å². The van der Waals surface area contributed by atoms with Crippen LogP contribution in [-0.2, 0) is 4.79 Å². The van der Waals surface area contributed by atoms with Crippen LogP contribution in [0, 0.1) is 5.82 Å². The molecule has 1 aliphatic rings. The molecule has 1 fully saturated rings. The van der Waals surface area contributed by atoms with E-state index in [2.05, 4.69) is 10.3 Å². The van der Waals surface area contributed by atoms with Gasteiger partial charge in [0.05, 0.1) is 27.9 Å². The number of nitrogens with zero attached hydrogens (tertiary/aromatic N) is 2. The topological polar surface area (TPSA) is 62.3 Å². The van der Waals surface area contributed by atoms with E-state index in [-0.39, 0.29) is 35.5 Å². The zero-order chi connectivity index (χ0) is 22.0. The van der Waals surface area contributed by atoms with E-state index in [4.69, 9.17) is 0 Å². The van der Waals surface area contributed by atoms with Crippen LogP contribution in [0.4, 0.5) is 4.39 Å². The molecule has 4 rings (SSSR count). The fourth-order valence-electron chi connectivity index (χ4n) is 3.32. The lowest BCUT2D eigenvalue weighted by Crippen LogP contribution is -2.31. The van der Waals surface area contributed by atoms with Crippen LogP contribution in [0.5, 0.6) is 0 Å². The number of benzene rings is 2. The molecule has 1 unspecified atom stereocenters. The van der Waals surface area contributed by atoms with Gasteiger partial charge in [-0.25, -0.2) is 9.37 Å². The summed E-state index contributed by atoms with van der Waals surface area (Å²) in [4.78, 5) is 31.8. The molecule has 0 aliphatic heterocycles. The Hall–Kier alpha value is -2.93. The second-order valence-corrected chi connectivity index (χ2v) is 8.79. The number of thioether (sulfide) groups is 1. The summed E-state index contributed by atoms with van der Waals surface area (Å²) in [6.07, 6.45) is 2.03. The number of nitrogens with one attached hydrogen (secondary N) is 1. The quantitative estimate of drug-likeness (QED) is 0.550. The highest BCUT2D eigenvalue weighted by Crippen LogP contribution is 2.27. The maximum Gasteiger partial charge on any atom is 0.252 e. The molecule has 3 aromatic rings. The molecule has 5 nitrogen and oxygen atoms in total. The Balaban J connectivity index is 1.48. The van der Waals surface area contributed by atoms with Crippen LogP contribution < -0.4 is 5.32 Å². The monoisotopic (exact) mass is 437 g/mol. The molecule has 1 heterocycles. The van der Waals surface area contributed by atoms with E-state index in [0.717, 1.165) is 29.3 Å². The van der Waals surface area contributed by atoms with Crippen molar-refractivity contribution in [2.24, 2.45) is 0 Å². The number of fused-ring (bicyclic) bond motifs is 1. The zero-order valence-corrected chi connectivity index (χ0v) is 18.3. The summed E-state index contributed by atoms with van der Waals surface area (Å²) in [5.41, 5.74) is 2.18. The van der Waals surface area contributed by atoms with Crippen molar-refractivity contribution in [3.05, 3.63) is 71.5 Å². The van der Waals surface area contributed by atoms with Crippen molar-refractivity contribution < 1.29 is 14.0 Å². The van der Waals surface area contributed by atoms with Crippen LogP contribution in [0.3, 0.4) is 0 Å². The lowest BCUT2D eigenvalue weighted by molar-refractivity contribution is -0.128. The Morgan fingerprint density at radius 2 is 1.90 bits per heavy atom. The van der Waals surface area contributed by atoms with Gasteiger partial charge in [-0.15, -0.1) is 0 Å². The summed E-state index contributed by atoms with van der Waals surface area (Å²) in [5.74, 6) is -0.279. The second-order valence-electron chi connectivity index (χ2n) is 7.79. The van der Waals surface area contributed by atoms with Crippen LogP contribution in [-0.4, -0.2) is 40.5 Å². The Labute approximate surface area is 185 Å². The fraction of sp³-hybridized carbons (Fsp3) is 0.292. The number of amides is 2. The third-order valence-electron chi connectivity index (χ3n) is 5.52. The minimum Gasteiger partial charge on any atom is -0.349 e. The second kappa shape index (κ2) is 9.06. The maximum atomic E-state index is 13.2. The lowest BCUT2D eigenvalue weighted by Gasteiger charge is -2.25. The van der Waals surface area contributed by atoms with Gasteiger partial charge >= 0.3 is 0 Å². The van der Waals surface area contributed by atoms with Crippen molar-refractivity contribution in [2.45, 2.75) is 36.9 Å². The minimum absolute atomic E-state index is 0.0687. The van der Waals surface area contributed by atoms with E-state index in [9.17, 15) is 14.0 Å². The molecule has 2 amide bonds. The van der Waals surface area contributed by atoms with Gasteiger partial charge in [-0.05, 0) is 49.6 Å². The van der Waals surface area contributed by atoms with Crippen molar-refractivity contribution in [1.29, 1.82) is 0 Å². The number of carbonyl (C=O) groups excluding carboxylic acids is 2. The van der Waals surface area contributed by atoms with Gasteiger partial charge in [-0.1, -0.05) is 42.1 Å². The van der Waals surface area contributed by atoms with Crippen molar-refractivity contribution in [2.75, 3.05) is 12.8 Å². The van der Waals surface area contributed by atoms with Crippen LogP contribution >= 0.6 is 11.8 Å². The SMILES string of the molecule is CC(c1ccc(F)cc1)N(C)C(=O)CSc1cc(C(=O)NC2CC2)c2ccccc2n1. The van der Waals surface area contributed by atoms with Gasteiger partial charge in [0.15, 0.2) is 0 Å². The molecular weight excluding hydrogens is 413 g/mol. The molecule has 7 heteroatoms. The third-order valence-corrected chi connectivity index (χ3v) is 6.42. The smallest absolute Gasteiger partial charge is 0.252 e. The average Bonchev–Trinajstić information content (AvgIpc) is 3.60. The van der Waals surface area contributed by atoms with Crippen LogP contribution in [0.2, 0.25) is 0 Å². The first kappa shape index (κ1) is 21.3. The first-order chi connectivity index (χ1) is 14.9. The van der Waals surface area contributed by atoms with Crippen molar-refractivity contribution in [3.8, 4) is 0 Å². The first-order valence-corrected chi connectivity index (χ1v) is 11.3. The maximum absolute atomic E-state index is 13.2. The molecule has 0 saturated heterocycles. The van der Waals surface area contributed by atoms with Gasteiger partial charge in [0, 0.05) is 18.5 Å². The number of aromatic nitrogens is 1. The van der Waals surface area contributed by atoms with Crippen LogP contribution in [0.15, 0.2) is 59.6 Å². The van der Waals surface area contributed by atoms with Gasteiger partial charge < -0.3 is 10.2 Å². The summed E-state index contributed by atoms with van der Waals surface area (Å²) in [5, 5.41) is 4.47. The normalized spacial score (nSPS) is 14.3. The van der Waals surface area contributed by atoms with E-state index in [1.165, 1.54) is 23.9 Å². The van der Waals surface area contributed by atoms with Gasteiger partial charge in [0.2, 0.25) is 5.91 Å². The average molecular weight is 438 g/mol. The highest BCUT2D eigenvalue weighted by atomic mass is 32.2. The van der Waals surface area contributed by atoms with E-state index < -0.39 is 0 Å². The van der Waals surface area contributed by atoms with Crippen LogP contribution in [0.25, 0.3) is 10.9 Å². The minimum atomic E-state index is -0.301. The zero-order valence-electron chi connectivity index (χ0n) is 17.5. The van der Waals surface area contributed by atoms with Gasteiger partial charge in [-0.3, -0.25) is 9.59 Å². The molecule has 0 bridgehead atoms. The van der Waals surface area contributed by atoms with Gasteiger partial charge in [0.25, 0.3) is 5.91 Å². The molecule has 0 spiro atoms. The summed E-state index contributed by atoms with van der Waals surface area (Å²) in [6, 6.07) is 15.5. The number of hydrogen-bond donors (Lipinski definition) is 1. The molecule has 160 valence electrons. The standard InChI is InChI=1S/C24H24FN3O2S/c1-15(16-7-9-17(25)10-8-16)28(2)23(29)14-31-22-13-20(24(30)26-18-11-12-18)19-5-3-4-6-21(19)27-22/h3-10,13,15,18H,11-12,14H2,1-2H3,(H,26,30). The predicted octanol–water partition coefficient (Wildman–Crippen LogP) is 4.58. The number of halogens is 1. The molecule has 1 atom stereocenters. The summed E-state index contributed by atoms with van der Waals surface area (Å²) < 4.78 is 13.2. The Morgan fingerprint density at radius 1 is 1.19 bits per heavy atom.